The van der Waals surface area contributed by atoms with Crippen molar-refractivity contribution in [2.45, 2.75) is 6.92 Å². The smallest absolute Gasteiger partial charge is 0.255 e. The number of anilines is 1. The summed E-state index contributed by atoms with van der Waals surface area (Å²) in [4.78, 5) is 12.4. The Morgan fingerprint density at radius 1 is 1.00 bits per heavy atom. The molecule has 2 aromatic rings. The topological polar surface area (TPSA) is 56.8 Å². The van der Waals surface area contributed by atoms with Crippen molar-refractivity contribution in [3.8, 4) is 17.2 Å². The zero-order valence-corrected chi connectivity index (χ0v) is 13.4. The maximum absolute atomic E-state index is 13.3. The third-order valence-corrected chi connectivity index (χ3v) is 3.34. The number of aryl methyl sites for hydroxylation is 1. The molecule has 0 atom stereocenters. The Morgan fingerprint density at radius 3 is 2.09 bits per heavy atom. The molecule has 1 N–H and O–H groups in total. The van der Waals surface area contributed by atoms with Crippen LogP contribution in [0.2, 0.25) is 0 Å². The molecule has 0 fully saturated rings. The van der Waals surface area contributed by atoms with E-state index in [-0.39, 0.29) is 11.7 Å². The lowest BCUT2D eigenvalue weighted by molar-refractivity contribution is 0.102. The van der Waals surface area contributed by atoms with Crippen LogP contribution >= 0.6 is 0 Å². The molecule has 0 unspecified atom stereocenters. The molecule has 122 valence electrons. The first-order chi connectivity index (χ1) is 11.0. The Kier molecular flexibility index (Phi) is 5.05. The third kappa shape index (κ3) is 3.53. The maximum Gasteiger partial charge on any atom is 0.255 e. The normalized spacial score (nSPS) is 10.1. The number of benzene rings is 2. The molecule has 5 nitrogen and oxygen atoms in total. The highest BCUT2D eigenvalue weighted by atomic mass is 19.1. The number of carbonyl (C=O) groups is 1. The molecule has 0 heterocycles. The van der Waals surface area contributed by atoms with Crippen molar-refractivity contribution in [1.29, 1.82) is 0 Å². The van der Waals surface area contributed by atoms with Gasteiger partial charge in [0.25, 0.3) is 5.91 Å². The van der Waals surface area contributed by atoms with Crippen LogP contribution in [0, 0.1) is 12.7 Å². The van der Waals surface area contributed by atoms with Gasteiger partial charge >= 0.3 is 0 Å². The van der Waals surface area contributed by atoms with Crippen molar-refractivity contribution in [2.75, 3.05) is 26.6 Å². The predicted molar refractivity (Wildman–Crippen MR) is 85.2 cm³/mol. The van der Waals surface area contributed by atoms with Gasteiger partial charge in [-0.25, -0.2) is 4.39 Å². The molecule has 0 bridgehead atoms. The standard InChI is InChI=1S/C17H18FNO4/c1-10-7-12(5-6-13(10)18)19-17(20)11-8-14(21-2)16(23-4)15(9-11)22-3/h5-9H,1-4H3,(H,19,20). The second-order valence-corrected chi connectivity index (χ2v) is 4.83. The lowest BCUT2D eigenvalue weighted by Crippen LogP contribution is -2.13. The minimum Gasteiger partial charge on any atom is -0.493 e. The zero-order valence-electron chi connectivity index (χ0n) is 13.4. The van der Waals surface area contributed by atoms with Crippen LogP contribution in [0.1, 0.15) is 15.9 Å². The molecule has 1 amide bonds. The highest BCUT2D eigenvalue weighted by Gasteiger charge is 2.17. The number of nitrogens with one attached hydrogen (secondary N) is 1. The summed E-state index contributed by atoms with van der Waals surface area (Å²) in [6.45, 7) is 1.63. The van der Waals surface area contributed by atoms with Crippen LogP contribution in [0.15, 0.2) is 30.3 Å². The van der Waals surface area contributed by atoms with Gasteiger partial charge in [0.15, 0.2) is 11.5 Å². The van der Waals surface area contributed by atoms with Crippen molar-refractivity contribution in [1.82, 2.24) is 0 Å². The third-order valence-electron chi connectivity index (χ3n) is 3.34. The van der Waals surface area contributed by atoms with Crippen molar-refractivity contribution in [3.05, 3.63) is 47.3 Å². The molecule has 0 aliphatic rings. The summed E-state index contributed by atoms with van der Waals surface area (Å²) < 4.78 is 28.9. The number of methoxy groups -OCH3 is 3. The molecule has 0 saturated carbocycles. The van der Waals surface area contributed by atoms with E-state index in [4.69, 9.17) is 14.2 Å². The molecule has 0 radical (unpaired) electrons. The summed E-state index contributed by atoms with van der Waals surface area (Å²) in [7, 11) is 4.44. The van der Waals surface area contributed by atoms with E-state index in [1.807, 2.05) is 0 Å². The van der Waals surface area contributed by atoms with Crippen LogP contribution in [-0.2, 0) is 0 Å². The summed E-state index contributed by atoms with van der Waals surface area (Å²) in [5, 5.41) is 2.71. The number of carbonyl (C=O) groups excluding carboxylic acids is 1. The number of hydrogen-bond acceptors (Lipinski definition) is 4. The first kappa shape index (κ1) is 16.6. The molecular weight excluding hydrogens is 301 g/mol. The van der Waals surface area contributed by atoms with Crippen molar-refractivity contribution >= 4 is 11.6 Å². The molecule has 0 aliphatic heterocycles. The summed E-state index contributed by atoms with van der Waals surface area (Å²) in [5.74, 6) is 0.481. The molecule has 2 aromatic carbocycles. The Labute approximate surface area is 134 Å². The van der Waals surface area contributed by atoms with E-state index in [0.29, 0.717) is 34.1 Å². The second kappa shape index (κ2) is 7.00. The van der Waals surface area contributed by atoms with Crippen LogP contribution in [0.3, 0.4) is 0 Å². The van der Waals surface area contributed by atoms with Gasteiger partial charge in [-0.15, -0.1) is 0 Å². The Balaban J connectivity index is 2.33. The van der Waals surface area contributed by atoms with Gasteiger partial charge < -0.3 is 19.5 Å². The van der Waals surface area contributed by atoms with E-state index in [9.17, 15) is 9.18 Å². The van der Waals surface area contributed by atoms with Gasteiger partial charge in [0.2, 0.25) is 5.75 Å². The first-order valence-electron chi connectivity index (χ1n) is 6.87. The fraction of sp³-hybridized carbons (Fsp3) is 0.235. The van der Waals surface area contributed by atoms with E-state index in [1.54, 1.807) is 25.1 Å². The summed E-state index contributed by atoms with van der Waals surface area (Å²) in [5.41, 5.74) is 1.29. The molecule has 6 heteroatoms. The largest absolute Gasteiger partial charge is 0.493 e. The molecule has 0 aromatic heterocycles. The second-order valence-electron chi connectivity index (χ2n) is 4.83. The SMILES string of the molecule is COc1cc(C(=O)Nc2ccc(F)c(C)c2)cc(OC)c1OC. The molecule has 0 aliphatic carbocycles. The van der Waals surface area contributed by atoms with E-state index in [0.717, 1.165) is 0 Å². The van der Waals surface area contributed by atoms with Gasteiger partial charge in [-0.1, -0.05) is 0 Å². The summed E-state index contributed by atoms with van der Waals surface area (Å²) in [6.07, 6.45) is 0. The Hall–Kier alpha value is -2.76. The highest BCUT2D eigenvalue weighted by Crippen LogP contribution is 2.38. The van der Waals surface area contributed by atoms with E-state index < -0.39 is 0 Å². The van der Waals surface area contributed by atoms with E-state index >= 15 is 0 Å². The first-order valence-corrected chi connectivity index (χ1v) is 6.87. The number of ether oxygens (including phenoxy) is 3. The molecular formula is C17H18FNO4. The van der Waals surface area contributed by atoms with Gasteiger partial charge in [0.1, 0.15) is 5.82 Å². The van der Waals surface area contributed by atoms with E-state index in [1.165, 1.54) is 33.5 Å². The Bertz CT molecular complexity index is 706. The average molecular weight is 319 g/mol. The molecule has 0 spiro atoms. The monoisotopic (exact) mass is 319 g/mol. The minimum atomic E-state index is -0.365. The van der Waals surface area contributed by atoms with Crippen molar-refractivity contribution in [3.63, 3.8) is 0 Å². The molecule has 23 heavy (non-hydrogen) atoms. The van der Waals surface area contributed by atoms with Gasteiger partial charge in [-0.05, 0) is 42.8 Å². The van der Waals surface area contributed by atoms with Crippen LogP contribution in [-0.4, -0.2) is 27.2 Å². The average Bonchev–Trinajstić information content (AvgIpc) is 2.56. The molecule has 2 rings (SSSR count). The summed E-state index contributed by atoms with van der Waals surface area (Å²) >= 11 is 0. The number of hydrogen-bond donors (Lipinski definition) is 1. The number of halogens is 1. The van der Waals surface area contributed by atoms with Gasteiger partial charge in [-0.3, -0.25) is 4.79 Å². The van der Waals surface area contributed by atoms with Crippen LogP contribution in [0.5, 0.6) is 17.2 Å². The van der Waals surface area contributed by atoms with E-state index in [2.05, 4.69) is 5.32 Å². The van der Waals surface area contributed by atoms with Gasteiger partial charge in [0.05, 0.1) is 21.3 Å². The quantitative estimate of drug-likeness (QED) is 0.917. The Morgan fingerprint density at radius 2 is 1.61 bits per heavy atom. The fourth-order valence-electron chi connectivity index (χ4n) is 2.14. The maximum atomic E-state index is 13.3. The lowest BCUT2D eigenvalue weighted by Gasteiger charge is -2.14. The lowest BCUT2D eigenvalue weighted by atomic mass is 10.1. The van der Waals surface area contributed by atoms with Crippen molar-refractivity contribution < 1.29 is 23.4 Å². The van der Waals surface area contributed by atoms with Crippen LogP contribution < -0.4 is 19.5 Å². The highest BCUT2D eigenvalue weighted by molar-refractivity contribution is 6.05. The number of amides is 1. The number of rotatable bonds is 5. The minimum absolute atomic E-state index is 0.323. The van der Waals surface area contributed by atoms with Crippen molar-refractivity contribution in [2.24, 2.45) is 0 Å². The van der Waals surface area contributed by atoms with Crippen LogP contribution in [0.4, 0.5) is 10.1 Å². The van der Waals surface area contributed by atoms with Crippen LogP contribution in [0.25, 0.3) is 0 Å². The summed E-state index contributed by atoms with van der Waals surface area (Å²) in [6, 6.07) is 7.46. The fourth-order valence-corrected chi connectivity index (χ4v) is 2.14. The zero-order chi connectivity index (χ0) is 17.0. The van der Waals surface area contributed by atoms with Gasteiger partial charge in [-0.2, -0.15) is 0 Å². The van der Waals surface area contributed by atoms with Gasteiger partial charge in [0, 0.05) is 11.3 Å². The molecule has 0 saturated heterocycles. The predicted octanol–water partition coefficient (Wildman–Crippen LogP) is 3.41.